The lowest BCUT2D eigenvalue weighted by atomic mass is 10.1. The molecule has 1 aromatic carbocycles. The Bertz CT molecular complexity index is 579. The molecule has 3 nitrogen and oxygen atoms in total. The van der Waals surface area contributed by atoms with Gasteiger partial charge in [0.05, 0.1) is 5.52 Å². The molecule has 1 aromatic heterocycles. The summed E-state index contributed by atoms with van der Waals surface area (Å²) in [6.45, 7) is 1.58. The van der Waals surface area contributed by atoms with Gasteiger partial charge in [-0.15, -0.1) is 0 Å². The molecule has 0 atom stereocenters. The second-order valence-corrected chi connectivity index (χ2v) is 4.44. The van der Waals surface area contributed by atoms with E-state index in [1.165, 1.54) is 0 Å². The van der Waals surface area contributed by atoms with Crippen molar-refractivity contribution in [1.82, 2.24) is 4.57 Å². The van der Waals surface area contributed by atoms with Crippen LogP contribution >= 0.6 is 0 Å². The molecule has 0 aliphatic heterocycles. The molecule has 0 amide bonds. The molecule has 3 heteroatoms. The Morgan fingerprint density at radius 1 is 1.44 bits per heavy atom. The van der Waals surface area contributed by atoms with Crippen LogP contribution in [0.3, 0.4) is 0 Å². The first-order valence-corrected chi connectivity index (χ1v) is 5.51. The van der Waals surface area contributed by atoms with Gasteiger partial charge < -0.3 is 9.67 Å². The van der Waals surface area contributed by atoms with E-state index < -0.39 is 0 Å². The molecule has 1 aliphatic rings. The summed E-state index contributed by atoms with van der Waals surface area (Å²) in [6.07, 6.45) is 4.25. The van der Waals surface area contributed by atoms with Crippen molar-refractivity contribution in [3.63, 3.8) is 0 Å². The predicted molar refractivity (Wildman–Crippen MR) is 61.9 cm³/mol. The number of hydrogen-bond donors (Lipinski definition) is 1. The first-order valence-electron chi connectivity index (χ1n) is 5.51. The van der Waals surface area contributed by atoms with Gasteiger partial charge >= 0.3 is 0 Å². The molecule has 82 valence electrons. The summed E-state index contributed by atoms with van der Waals surface area (Å²) in [5.41, 5.74) is 1.72. The maximum absolute atomic E-state index is 11.5. The highest BCUT2D eigenvalue weighted by molar-refractivity contribution is 6.07. The summed E-state index contributed by atoms with van der Waals surface area (Å²) in [5, 5.41) is 10.4. The minimum atomic E-state index is 0.0788. The molecule has 0 bridgehead atoms. The highest BCUT2D eigenvalue weighted by Crippen LogP contribution is 2.39. The number of carbonyl (C=O) groups excluding carboxylic acids is 1. The Morgan fingerprint density at radius 3 is 2.81 bits per heavy atom. The van der Waals surface area contributed by atoms with E-state index in [2.05, 4.69) is 4.57 Å². The normalized spacial score (nSPS) is 15.6. The van der Waals surface area contributed by atoms with Crippen molar-refractivity contribution in [2.75, 3.05) is 0 Å². The lowest BCUT2D eigenvalue weighted by Crippen LogP contribution is -1.91. The van der Waals surface area contributed by atoms with Gasteiger partial charge in [0.2, 0.25) is 0 Å². The lowest BCUT2D eigenvalue weighted by molar-refractivity contribution is 0.101. The largest absolute Gasteiger partial charge is 0.508 e. The summed E-state index contributed by atoms with van der Waals surface area (Å²) < 4.78 is 2.12. The third-order valence-electron chi connectivity index (χ3n) is 3.14. The topological polar surface area (TPSA) is 42.2 Å². The first-order chi connectivity index (χ1) is 7.66. The molecule has 1 saturated carbocycles. The maximum atomic E-state index is 11.5. The van der Waals surface area contributed by atoms with Crippen LogP contribution in [0.1, 0.15) is 36.2 Å². The molecule has 16 heavy (non-hydrogen) atoms. The van der Waals surface area contributed by atoms with Gasteiger partial charge in [-0.1, -0.05) is 0 Å². The van der Waals surface area contributed by atoms with E-state index in [9.17, 15) is 9.90 Å². The molecule has 2 aromatic rings. The number of aromatic hydroxyl groups is 1. The van der Waals surface area contributed by atoms with Gasteiger partial charge in [0.15, 0.2) is 5.78 Å². The van der Waals surface area contributed by atoms with Crippen molar-refractivity contribution < 1.29 is 9.90 Å². The zero-order valence-electron chi connectivity index (χ0n) is 9.10. The summed E-state index contributed by atoms with van der Waals surface area (Å²) in [7, 11) is 0. The Kier molecular flexibility index (Phi) is 1.84. The van der Waals surface area contributed by atoms with E-state index >= 15 is 0 Å². The Labute approximate surface area is 93.3 Å². The number of fused-ring (bicyclic) bond motifs is 1. The van der Waals surface area contributed by atoms with E-state index in [0.717, 1.165) is 29.3 Å². The van der Waals surface area contributed by atoms with E-state index in [1.54, 1.807) is 19.1 Å². The monoisotopic (exact) mass is 215 g/mol. The summed E-state index contributed by atoms with van der Waals surface area (Å²) >= 11 is 0. The molecular weight excluding hydrogens is 202 g/mol. The number of phenolic OH excluding ortho intramolecular Hbond substituents is 1. The zero-order chi connectivity index (χ0) is 11.3. The number of nitrogens with zero attached hydrogens (tertiary/aromatic N) is 1. The van der Waals surface area contributed by atoms with Gasteiger partial charge in [-0.25, -0.2) is 0 Å². The summed E-state index contributed by atoms with van der Waals surface area (Å²) in [6, 6.07) is 5.70. The van der Waals surface area contributed by atoms with Crippen LogP contribution < -0.4 is 0 Å². The highest BCUT2D eigenvalue weighted by atomic mass is 16.3. The molecule has 0 spiro atoms. The summed E-state index contributed by atoms with van der Waals surface area (Å²) in [5.74, 6) is 0.331. The van der Waals surface area contributed by atoms with Gasteiger partial charge in [-0.2, -0.15) is 0 Å². The van der Waals surface area contributed by atoms with Crippen molar-refractivity contribution >= 4 is 16.7 Å². The van der Waals surface area contributed by atoms with E-state index in [1.807, 2.05) is 12.3 Å². The fourth-order valence-corrected chi connectivity index (χ4v) is 2.17. The molecule has 3 rings (SSSR count). The lowest BCUT2D eigenvalue weighted by Gasteiger charge is -2.01. The number of aromatic nitrogens is 1. The molecular formula is C13H13NO2. The van der Waals surface area contributed by atoms with Crippen LogP contribution in [-0.2, 0) is 0 Å². The minimum absolute atomic E-state index is 0.0788. The predicted octanol–water partition coefficient (Wildman–Crippen LogP) is 2.88. The van der Waals surface area contributed by atoms with Crippen LogP contribution in [0.2, 0.25) is 0 Å². The molecule has 1 aliphatic carbocycles. The number of Topliss-reactive ketones (excluding diaryl/α,β-unsaturated/α-hetero) is 1. The smallest absolute Gasteiger partial charge is 0.161 e. The van der Waals surface area contributed by atoms with Gasteiger partial charge in [0.25, 0.3) is 0 Å². The van der Waals surface area contributed by atoms with Crippen molar-refractivity contribution in [2.24, 2.45) is 0 Å². The van der Waals surface area contributed by atoms with Crippen LogP contribution in [0.5, 0.6) is 5.75 Å². The number of phenols is 1. The van der Waals surface area contributed by atoms with Gasteiger partial charge in [0.1, 0.15) is 5.75 Å². The number of hydrogen-bond acceptors (Lipinski definition) is 2. The fraction of sp³-hybridized carbons (Fsp3) is 0.308. The molecule has 0 saturated heterocycles. The molecule has 0 radical (unpaired) electrons. The van der Waals surface area contributed by atoms with Crippen LogP contribution in [0, 0.1) is 0 Å². The van der Waals surface area contributed by atoms with Gasteiger partial charge in [-0.3, -0.25) is 4.79 Å². The quantitative estimate of drug-likeness (QED) is 0.782. The fourth-order valence-electron chi connectivity index (χ4n) is 2.17. The van der Waals surface area contributed by atoms with Crippen LogP contribution in [0.4, 0.5) is 0 Å². The second kappa shape index (κ2) is 3.11. The number of ketones is 1. The minimum Gasteiger partial charge on any atom is -0.508 e. The van der Waals surface area contributed by atoms with Gasteiger partial charge in [0, 0.05) is 29.3 Å². The number of benzene rings is 1. The van der Waals surface area contributed by atoms with Crippen LogP contribution in [0.15, 0.2) is 24.4 Å². The van der Waals surface area contributed by atoms with E-state index in [4.69, 9.17) is 0 Å². The molecule has 1 N–H and O–H groups in total. The second-order valence-electron chi connectivity index (χ2n) is 4.44. The number of rotatable bonds is 2. The van der Waals surface area contributed by atoms with Crippen molar-refractivity contribution in [2.45, 2.75) is 25.8 Å². The average Bonchev–Trinajstić information content (AvgIpc) is 3.00. The molecule has 1 fully saturated rings. The van der Waals surface area contributed by atoms with E-state index in [0.29, 0.717) is 6.04 Å². The Balaban J connectivity index is 2.32. The third kappa shape index (κ3) is 1.32. The van der Waals surface area contributed by atoms with Crippen molar-refractivity contribution in [1.29, 1.82) is 0 Å². The number of carbonyl (C=O) groups is 1. The Hall–Kier alpha value is -1.77. The van der Waals surface area contributed by atoms with Crippen LogP contribution in [0.25, 0.3) is 10.9 Å². The zero-order valence-corrected chi connectivity index (χ0v) is 9.10. The standard InChI is InChI=1S/C13H13NO2/c1-8(15)12-7-14(9-2-3-9)13-6-10(16)4-5-11(12)13/h4-7,9,16H,2-3H2,1H3. The van der Waals surface area contributed by atoms with Crippen LogP contribution in [-0.4, -0.2) is 15.5 Å². The SMILES string of the molecule is CC(=O)c1cn(C2CC2)c2cc(O)ccc12. The first kappa shape index (κ1) is 9.46. The Morgan fingerprint density at radius 2 is 2.19 bits per heavy atom. The highest BCUT2D eigenvalue weighted by Gasteiger charge is 2.26. The molecule has 1 heterocycles. The van der Waals surface area contributed by atoms with Crippen molar-refractivity contribution in [3.8, 4) is 5.75 Å². The average molecular weight is 215 g/mol. The summed E-state index contributed by atoms with van der Waals surface area (Å²) in [4.78, 5) is 11.5. The molecule has 0 unspecified atom stereocenters. The van der Waals surface area contributed by atoms with Crippen molar-refractivity contribution in [3.05, 3.63) is 30.0 Å². The third-order valence-corrected chi connectivity index (χ3v) is 3.14. The maximum Gasteiger partial charge on any atom is 0.161 e. The van der Waals surface area contributed by atoms with Gasteiger partial charge in [-0.05, 0) is 31.9 Å². The van der Waals surface area contributed by atoms with E-state index in [-0.39, 0.29) is 11.5 Å².